The molecule has 0 spiro atoms. The van der Waals surface area contributed by atoms with Crippen LogP contribution in [0.4, 0.5) is 0 Å². The monoisotopic (exact) mass is 324 g/mol. The summed E-state index contributed by atoms with van der Waals surface area (Å²) in [4.78, 5) is 40.8. The van der Waals surface area contributed by atoms with Gasteiger partial charge in [0.15, 0.2) is 0 Å². The van der Waals surface area contributed by atoms with Crippen LogP contribution < -0.4 is 11.2 Å². The third-order valence-corrected chi connectivity index (χ3v) is 4.55. The quantitative estimate of drug-likeness (QED) is 0.875. The fourth-order valence-electron chi connectivity index (χ4n) is 2.28. The second-order valence-corrected chi connectivity index (χ2v) is 7.22. The Kier molecular flexibility index (Phi) is 4.28. The number of hydrogen-bond donors (Lipinski definition) is 1. The van der Waals surface area contributed by atoms with Gasteiger partial charge in [-0.3, -0.25) is 14.6 Å². The average Bonchev–Trinajstić information content (AvgIpc) is 2.68. The molecule has 7 heteroatoms. The van der Waals surface area contributed by atoms with Gasteiger partial charge in [-0.1, -0.05) is 6.92 Å². The predicted octanol–water partition coefficient (Wildman–Crippen LogP) is 1.96. The van der Waals surface area contributed by atoms with E-state index in [9.17, 15) is 14.4 Å². The number of aromatic amines is 1. The van der Waals surface area contributed by atoms with Gasteiger partial charge in [-0.25, -0.2) is 9.36 Å². The number of thiophene rings is 1. The topological polar surface area (TPSA) is 81.2 Å². The number of ether oxygens (including phenoxy) is 1. The zero-order valence-corrected chi connectivity index (χ0v) is 14.2. The molecule has 6 nitrogen and oxygen atoms in total. The summed E-state index contributed by atoms with van der Waals surface area (Å²) in [5.41, 5.74) is -0.836. The SMILES string of the molecule is CCc1sc2[nH]c(=O)n(CC(=O)OC(C)(C)C)c(=O)c2c1C. The lowest BCUT2D eigenvalue weighted by atomic mass is 10.2. The smallest absolute Gasteiger partial charge is 0.329 e. The maximum Gasteiger partial charge on any atom is 0.329 e. The molecule has 0 amide bonds. The first-order valence-corrected chi connectivity index (χ1v) is 7.92. The van der Waals surface area contributed by atoms with E-state index in [0.717, 1.165) is 21.4 Å². The molecule has 22 heavy (non-hydrogen) atoms. The number of nitrogens with one attached hydrogen (secondary N) is 1. The first-order valence-electron chi connectivity index (χ1n) is 7.11. The Morgan fingerprint density at radius 2 is 1.95 bits per heavy atom. The zero-order valence-electron chi connectivity index (χ0n) is 13.4. The van der Waals surface area contributed by atoms with Gasteiger partial charge in [-0.2, -0.15) is 0 Å². The van der Waals surface area contributed by atoms with Crippen molar-refractivity contribution in [2.24, 2.45) is 0 Å². The van der Waals surface area contributed by atoms with Crippen molar-refractivity contribution >= 4 is 27.5 Å². The second kappa shape index (κ2) is 5.72. The normalized spacial score (nSPS) is 11.9. The van der Waals surface area contributed by atoms with Crippen molar-refractivity contribution < 1.29 is 9.53 Å². The summed E-state index contributed by atoms with van der Waals surface area (Å²) in [5, 5.41) is 0.477. The summed E-state index contributed by atoms with van der Waals surface area (Å²) in [7, 11) is 0. The Morgan fingerprint density at radius 1 is 1.32 bits per heavy atom. The number of aryl methyl sites for hydroxylation is 2. The van der Waals surface area contributed by atoms with Crippen molar-refractivity contribution in [3.05, 3.63) is 31.3 Å². The van der Waals surface area contributed by atoms with Gasteiger partial charge in [0.2, 0.25) is 0 Å². The van der Waals surface area contributed by atoms with E-state index in [-0.39, 0.29) is 0 Å². The largest absolute Gasteiger partial charge is 0.459 e. The van der Waals surface area contributed by atoms with E-state index in [1.54, 1.807) is 20.8 Å². The first-order chi connectivity index (χ1) is 10.1. The lowest BCUT2D eigenvalue weighted by Gasteiger charge is -2.19. The highest BCUT2D eigenvalue weighted by molar-refractivity contribution is 7.18. The molecule has 2 aromatic rings. The Morgan fingerprint density at radius 3 is 2.50 bits per heavy atom. The number of hydrogen-bond acceptors (Lipinski definition) is 5. The molecule has 0 unspecified atom stereocenters. The fraction of sp³-hybridized carbons (Fsp3) is 0.533. The molecule has 0 aliphatic rings. The molecule has 0 atom stereocenters. The minimum absolute atomic E-state index is 0.391. The molecule has 0 aromatic carbocycles. The fourth-order valence-corrected chi connectivity index (χ4v) is 3.41. The lowest BCUT2D eigenvalue weighted by molar-refractivity contribution is -0.155. The Balaban J connectivity index is 2.51. The van der Waals surface area contributed by atoms with Gasteiger partial charge in [0.05, 0.1) is 5.39 Å². The highest BCUT2D eigenvalue weighted by Gasteiger charge is 2.20. The van der Waals surface area contributed by atoms with Gasteiger partial charge >= 0.3 is 11.7 Å². The maximum absolute atomic E-state index is 12.5. The van der Waals surface area contributed by atoms with E-state index in [1.165, 1.54) is 11.3 Å². The van der Waals surface area contributed by atoms with Gasteiger partial charge < -0.3 is 4.74 Å². The van der Waals surface area contributed by atoms with E-state index < -0.39 is 29.4 Å². The van der Waals surface area contributed by atoms with Crippen LogP contribution in [0, 0.1) is 6.92 Å². The van der Waals surface area contributed by atoms with Gasteiger partial charge in [0.25, 0.3) is 5.56 Å². The number of aromatic nitrogens is 2. The van der Waals surface area contributed by atoms with Gasteiger partial charge in [0, 0.05) is 4.88 Å². The molecule has 0 aliphatic heterocycles. The molecule has 2 rings (SSSR count). The molecule has 0 radical (unpaired) electrons. The molecule has 0 bridgehead atoms. The number of nitrogens with zero attached hydrogens (tertiary/aromatic N) is 1. The molecule has 0 fully saturated rings. The van der Waals surface area contributed by atoms with Crippen LogP contribution in [0.25, 0.3) is 10.2 Å². The summed E-state index contributed by atoms with van der Waals surface area (Å²) in [6.07, 6.45) is 0.790. The van der Waals surface area contributed by atoms with Gasteiger partial charge in [-0.05, 0) is 39.7 Å². The molecule has 2 heterocycles. The summed E-state index contributed by atoms with van der Waals surface area (Å²) < 4.78 is 6.07. The third-order valence-electron chi connectivity index (χ3n) is 3.20. The summed E-state index contributed by atoms with van der Waals surface area (Å²) in [5.74, 6) is -0.608. The van der Waals surface area contributed by atoms with Crippen LogP contribution in [0.2, 0.25) is 0 Å². The van der Waals surface area contributed by atoms with E-state index in [2.05, 4.69) is 4.98 Å². The molecular weight excluding hydrogens is 304 g/mol. The van der Waals surface area contributed by atoms with Crippen LogP contribution in [0.15, 0.2) is 9.59 Å². The van der Waals surface area contributed by atoms with E-state index in [4.69, 9.17) is 4.74 Å². The number of fused-ring (bicyclic) bond motifs is 1. The second-order valence-electron chi connectivity index (χ2n) is 6.12. The van der Waals surface area contributed by atoms with Gasteiger partial charge in [0.1, 0.15) is 17.0 Å². The Labute approximate surface area is 131 Å². The minimum Gasteiger partial charge on any atom is -0.459 e. The number of H-pyrrole nitrogens is 1. The number of carbonyl (C=O) groups excluding carboxylic acids is 1. The minimum atomic E-state index is -0.661. The van der Waals surface area contributed by atoms with Crippen molar-refractivity contribution in [2.45, 2.75) is 53.2 Å². The molecule has 2 aromatic heterocycles. The summed E-state index contributed by atoms with van der Waals surface area (Å²) >= 11 is 1.40. The molecule has 0 saturated carbocycles. The molecular formula is C15H20N2O4S. The van der Waals surface area contributed by atoms with Crippen molar-refractivity contribution in [1.82, 2.24) is 9.55 Å². The highest BCUT2D eigenvalue weighted by atomic mass is 32.1. The molecule has 120 valence electrons. The standard InChI is InChI=1S/C15H20N2O4S/c1-6-9-8(2)11-12(22-9)16-14(20)17(13(11)19)7-10(18)21-15(3,4)5/h6-7H2,1-5H3,(H,16,20). The van der Waals surface area contributed by atoms with Crippen molar-refractivity contribution in [1.29, 1.82) is 0 Å². The van der Waals surface area contributed by atoms with Crippen LogP contribution >= 0.6 is 11.3 Å². The maximum atomic E-state index is 12.5. The molecule has 0 saturated heterocycles. The lowest BCUT2D eigenvalue weighted by Crippen LogP contribution is -2.39. The van der Waals surface area contributed by atoms with Crippen molar-refractivity contribution in [3.8, 4) is 0 Å². The first kappa shape index (κ1) is 16.5. The van der Waals surface area contributed by atoms with Crippen molar-refractivity contribution in [2.75, 3.05) is 0 Å². The summed E-state index contributed by atoms with van der Waals surface area (Å²) in [6, 6.07) is 0. The molecule has 0 aliphatic carbocycles. The van der Waals surface area contributed by atoms with Crippen LogP contribution in [0.5, 0.6) is 0 Å². The zero-order chi connectivity index (χ0) is 16.7. The number of carbonyl (C=O) groups is 1. The van der Waals surface area contributed by atoms with Gasteiger partial charge in [-0.15, -0.1) is 11.3 Å². The highest BCUT2D eigenvalue weighted by Crippen LogP contribution is 2.26. The van der Waals surface area contributed by atoms with Crippen LogP contribution in [0.1, 0.15) is 38.1 Å². The Bertz CT molecular complexity index is 836. The Hall–Kier alpha value is -1.89. The van der Waals surface area contributed by atoms with E-state index in [0.29, 0.717) is 10.2 Å². The van der Waals surface area contributed by atoms with E-state index in [1.807, 2.05) is 13.8 Å². The number of rotatable bonds is 3. The van der Waals surface area contributed by atoms with E-state index >= 15 is 0 Å². The third kappa shape index (κ3) is 3.14. The number of esters is 1. The van der Waals surface area contributed by atoms with Crippen LogP contribution in [-0.2, 0) is 22.5 Å². The van der Waals surface area contributed by atoms with Crippen LogP contribution in [-0.4, -0.2) is 21.1 Å². The van der Waals surface area contributed by atoms with Crippen LogP contribution in [0.3, 0.4) is 0 Å². The summed E-state index contributed by atoms with van der Waals surface area (Å²) in [6.45, 7) is 8.66. The predicted molar refractivity (Wildman–Crippen MR) is 86.7 cm³/mol. The average molecular weight is 324 g/mol. The molecule has 1 N–H and O–H groups in total. The van der Waals surface area contributed by atoms with Crippen molar-refractivity contribution in [3.63, 3.8) is 0 Å².